The molecule has 42 heavy (non-hydrogen) atoms. The summed E-state index contributed by atoms with van der Waals surface area (Å²) in [5, 5.41) is 3.99. The van der Waals surface area contributed by atoms with Crippen LogP contribution in [0.2, 0.25) is 5.02 Å². The molecule has 0 atom stereocenters. The Kier molecular flexibility index (Phi) is 8.74. The van der Waals surface area contributed by atoms with Crippen molar-refractivity contribution in [2.75, 3.05) is 20.8 Å². The highest BCUT2D eigenvalue weighted by atomic mass is 35.5. The van der Waals surface area contributed by atoms with E-state index in [0.717, 1.165) is 16.7 Å². The third-order valence-electron chi connectivity index (χ3n) is 7.09. The lowest BCUT2D eigenvalue weighted by Gasteiger charge is -2.15. The van der Waals surface area contributed by atoms with Crippen molar-refractivity contribution < 1.29 is 14.3 Å². The lowest BCUT2D eigenvalue weighted by atomic mass is 10.1. The van der Waals surface area contributed by atoms with Crippen LogP contribution in [-0.2, 0) is 19.5 Å². The summed E-state index contributed by atoms with van der Waals surface area (Å²) in [4.78, 5) is 39.7. The minimum Gasteiger partial charge on any atom is -0.493 e. The second kappa shape index (κ2) is 12.8. The lowest BCUT2D eigenvalue weighted by Crippen LogP contribution is -2.40. The molecule has 0 fully saturated rings. The van der Waals surface area contributed by atoms with Crippen molar-refractivity contribution in [3.8, 4) is 11.5 Å². The van der Waals surface area contributed by atoms with Crippen LogP contribution in [0.5, 0.6) is 11.5 Å². The molecule has 1 N–H and O–H groups in total. The van der Waals surface area contributed by atoms with Gasteiger partial charge in [0.2, 0.25) is 0 Å². The first kappa shape index (κ1) is 28.7. The van der Waals surface area contributed by atoms with Crippen molar-refractivity contribution in [2.45, 2.75) is 19.5 Å². The van der Waals surface area contributed by atoms with E-state index in [1.807, 2.05) is 36.4 Å². The topological polar surface area (TPSA) is 91.6 Å². The summed E-state index contributed by atoms with van der Waals surface area (Å²) in [7, 11) is 3.17. The molecule has 5 aromatic rings. The van der Waals surface area contributed by atoms with Crippen molar-refractivity contribution in [3.05, 3.63) is 139 Å². The van der Waals surface area contributed by atoms with Gasteiger partial charge in [-0.05, 0) is 71.6 Å². The zero-order chi connectivity index (χ0) is 29.6. The predicted molar refractivity (Wildman–Crippen MR) is 164 cm³/mol. The van der Waals surface area contributed by atoms with Gasteiger partial charge in [0.05, 0.1) is 38.2 Å². The van der Waals surface area contributed by atoms with E-state index in [9.17, 15) is 14.4 Å². The number of rotatable bonds is 10. The Hall–Kier alpha value is -4.82. The first-order chi connectivity index (χ1) is 20.4. The van der Waals surface area contributed by atoms with Crippen molar-refractivity contribution >= 4 is 28.4 Å². The van der Waals surface area contributed by atoms with E-state index in [-0.39, 0.29) is 18.0 Å². The molecule has 0 aliphatic carbocycles. The number of aromatic nitrogens is 2. The largest absolute Gasteiger partial charge is 0.493 e. The van der Waals surface area contributed by atoms with E-state index in [0.29, 0.717) is 52.5 Å². The van der Waals surface area contributed by atoms with Gasteiger partial charge < -0.3 is 14.8 Å². The van der Waals surface area contributed by atoms with E-state index >= 15 is 0 Å². The second-order valence-corrected chi connectivity index (χ2v) is 10.2. The van der Waals surface area contributed by atoms with Crippen molar-refractivity contribution in [1.29, 1.82) is 0 Å². The summed E-state index contributed by atoms with van der Waals surface area (Å²) < 4.78 is 13.4. The Morgan fingerprint density at radius 1 is 0.762 bits per heavy atom. The number of methoxy groups -OCH3 is 2. The molecular weight excluding hydrogens is 554 g/mol. The molecule has 0 radical (unpaired) electrons. The molecule has 0 bridgehead atoms. The van der Waals surface area contributed by atoms with Gasteiger partial charge >= 0.3 is 5.69 Å². The maximum atomic E-state index is 13.6. The summed E-state index contributed by atoms with van der Waals surface area (Å²) in [5.74, 6) is 1.08. The minimum absolute atomic E-state index is 0.0737. The minimum atomic E-state index is -0.411. The van der Waals surface area contributed by atoms with Crippen LogP contribution in [0.1, 0.15) is 27.0 Å². The molecule has 1 amide bonds. The number of nitrogens with one attached hydrogen (secondary N) is 1. The maximum Gasteiger partial charge on any atom is 0.332 e. The van der Waals surface area contributed by atoms with Gasteiger partial charge in [-0.3, -0.25) is 18.7 Å². The molecule has 214 valence electrons. The van der Waals surface area contributed by atoms with Crippen LogP contribution >= 0.6 is 11.6 Å². The van der Waals surface area contributed by atoms with Crippen molar-refractivity contribution in [3.63, 3.8) is 0 Å². The van der Waals surface area contributed by atoms with E-state index in [1.54, 1.807) is 73.4 Å². The first-order valence-electron chi connectivity index (χ1n) is 13.4. The highest BCUT2D eigenvalue weighted by Gasteiger charge is 2.14. The number of hydrogen-bond donors (Lipinski definition) is 1. The molecule has 5 rings (SSSR count). The molecule has 0 saturated heterocycles. The molecule has 0 unspecified atom stereocenters. The fourth-order valence-electron chi connectivity index (χ4n) is 4.84. The molecule has 1 aromatic heterocycles. The van der Waals surface area contributed by atoms with Crippen LogP contribution in [0.15, 0.2) is 101 Å². The number of halogens is 1. The fourth-order valence-corrected chi connectivity index (χ4v) is 4.96. The molecule has 0 aliphatic heterocycles. The summed E-state index contributed by atoms with van der Waals surface area (Å²) >= 11 is 6.03. The van der Waals surface area contributed by atoms with Crippen LogP contribution < -0.4 is 26.0 Å². The number of para-hydroxylation sites is 1. The zero-order valence-corrected chi connectivity index (χ0v) is 24.1. The van der Waals surface area contributed by atoms with Gasteiger partial charge in [0.25, 0.3) is 11.5 Å². The fraction of sp³-hybridized carbons (Fsp3) is 0.182. The van der Waals surface area contributed by atoms with Crippen molar-refractivity contribution in [1.82, 2.24) is 14.5 Å². The van der Waals surface area contributed by atoms with E-state index < -0.39 is 5.69 Å². The molecule has 4 aromatic carbocycles. The SMILES string of the molecule is COc1ccc(CCNC(=O)c2ccc(Cn3c(=O)c4ccccc4n(Cc4ccc(Cl)cc4)c3=O)cc2)cc1OC. The summed E-state index contributed by atoms with van der Waals surface area (Å²) in [6.45, 7) is 0.805. The number of amides is 1. The molecule has 8 nitrogen and oxygen atoms in total. The van der Waals surface area contributed by atoms with Crippen LogP contribution in [-0.4, -0.2) is 35.8 Å². The average molecular weight is 584 g/mol. The lowest BCUT2D eigenvalue weighted by molar-refractivity contribution is 0.0954. The smallest absolute Gasteiger partial charge is 0.332 e. The van der Waals surface area contributed by atoms with Gasteiger partial charge in [-0.25, -0.2) is 4.79 Å². The van der Waals surface area contributed by atoms with E-state index in [4.69, 9.17) is 21.1 Å². The highest BCUT2D eigenvalue weighted by molar-refractivity contribution is 6.30. The summed E-state index contributed by atoms with van der Waals surface area (Å²) in [6.07, 6.45) is 0.622. The number of nitrogens with zero attached hydrogens (tertiary/aromatic N) is 2. The number of ether oxygens (including phenoxy) is 2. The summed E-state index contributed by atoms with van der Waals surface area (Å²) in [5.41, 5.74) is 2.90. The maximum absolute atomic E-state index is 13.6. The molecular formula is C33H30ClN3O5. The van der Waals surface area contributed by atoms with E-state index in [2.05, 4.69) is 5.32 Å². The predicted octanol–water partition coefficient (Wildman–Crippen LogP) is 4.90. The Morgan fingerprint density at radius 2 is 1.38 bits per heavy atom. The van der Waals surface area contributed by atoms with Gasteiger partial charge in [0, 0.05) is 17.1 Å². The van der Waals surface area contributed by atoms with Crippen LogP contribution in [0, 0.1) is 0 Å². The quantitative estimate of drug-likeness (QED) is 0.252. The first-order valence-corrected chi connectivity index (χ1v) is 13.8. The number of hydrogen-bond acceptors (Lipinski definition) is 5. The third kappa shape index (κ3) is 6.24. The molecule has 0 saturated carbocycles. The standard InChI is InChI=1S/C33H30ClN3O5/c1-41-29-16-11-22(19-30(29)42-2)17-18-35-31(38)25-12-7-23(8-13-25)21-37-32(39)27-5-3-4-6-28(27)36(33(37)40)20-24-9-14-26(34)15-10-24/h3-16,19H,17-18,20-21H2,1-2H3,(H,35,38). The number of fused-ring (bicyclic) bond motifs is 1. The van der Waals surface area contributed by atoms with E-state index in [1.165, 1.54) is 4.57 Å². The molecule has 9 heteroatoms. The number of carbonyl (C=O) groups is 1. The van der Waals surface area contributed by atoms with Gasteiger partial charge in [-0.15, -0.1) is 0 Å². The van der Waals surface area contributed by atoms with Gasteiger partial charge in [0.1, 0.15) is 0 Å². The van der Waals surface area contributed by atoms with Gasteiger partial charge in [-0.1, -0.05) is 54.1 Å². The monoisotopic (exact) mass is 583 g/mol. The number of carbonyl (C=O) groups excluding carboxylic acids is 1. The zero-order valence-electron chi connectivity index (χ0n) is 23.3. The second-order valence-electron chi connectivity index (χ2n) is 9.80. The molecule has 0 aliphatic rings. The number of benzene rings is 4. The molecule has 1 heterocycles. The van der Waals surface area contributed by atoms with Gasteiger partial charge in [0.15, 0.2) is 11.5 Å². The highest BCUT2D eigenvalue weighted by Crippen LogP contribution is 2.27. The van der Waals surface area contributed by atoms with Gasteiger partial charge in [-0.2, -0.15) is 0 Å². The van der Waals surface area contributed by atoms with Crippen LogP contribution in [0.25, 0.3) is 10.9 Å². The third-order valence-corrected chi connectivity index (χ3v) is 7.34. The Bertz CT molecular complexity index is 1840. The van der Waals surface area contributed by atoms with Crippen LogP contribution in [0.4, 0.5) is 0 Å². The summed E-state index contributed by atoms with van der Waals surface area (Å²) in [6, 6.07) is 26.9. The Balaban J connectivity index is 1.31. The molecule has 0 spiro atoms. The Labute approximate surface area is 247 Å². The van der Waals surface area contributed by atoms with Crippen molar-refractivity contribution in [2.24, 2.45) is 0 Å². The Morgan fingerprint density at radius 3 is 2.07 bits per heavy atom. The normalized spacial score (nSPS) is 10.9. The van der Waals surface area contributed by atoms with Crippen LogP contribution in [0.3, 0.4) is 0 Å². The average Bonchev–Trinajstić information content (AvgIpc) is 3.02.